The van der Waals surface area contributed by atoms with E-state index in [2.05, 4.69) is 139 Å². The molecule has 2 nitrogen and oxygen atoms in total. The van der Waals surface area contributed by atoms with Crippen molar-refractivity contribution in [2.24, 2.45) is 5.92 Å². The molecule has 4 heteroatoms. The fraction of sp³-hybridized carbons (Fsp3) is 0.154. The zero-order valence-electron chi connectivity index (χ0n) is 25.1. The van der Waals surface area contributed by atoms with Gasteiger partial charge in [-0.1, -0.05) is 165 Å². The molecule has 43 heavy (non-hydrogen) atoms. The molecular formula is C39H39BN2Si. The molecule has 1 heterocycles. The molecule has 2 radical (unpaired) electrons. The molecule has 6 aromatic rings. The minimum absolute atomic E-state index is 0.0163. The van der Waals surface area contributed by atoms with Gasteiger partial charge in [-0.25, -0.2) is 4.98 Å². The Labute approximate surface area is 260 Å². The Morgan fingerprint density at radius 3 is 1.65 bits per heavy atom. The lowest BCUT2D eigenvalue weighted by Crippen LogP contribution is -2.46. The van der Waals surface area contributed by atoms with E-state index in [0.29, 0.717) is 5.92 Å². The van der Waals surface area contributed by atoms with E-state index in [4.69, 9.17) is 7.85 Å². The fourth-order valence-electron chi connectivity index (χ4n) is 5.82. The van der Waals surface area contributed by atoms with Gasteiger partial charge in [-0.05, 0) is 46.0 Å². The van der Waals surface area contributed by atoms with Crippen LogP contribution in [0, 0.1) is 5.92 Å². The molecular weight excluding hydrogens is 535 g/mol. The van der Waals surface area contributed by atoms with Crippen LogP contribution in [0.5, 0.6) is 0 Å². The second-order valence-electron chi connectivity index (χ2n) is 11.5. The molecule has 0 unspecified atom stereocenters. The van der Waals surface area contributed by atoms with Gasteiger partial charge in [-0.15, -0.1) is 0 Å². The van der Waals surface area contributed by atoms with Crippen LogP contribution in [-0.2, 0) is 11.6 Å². The molecule has 0 spiro atoms. The van der Waals surface area contributed by atoms with Crippen LogP contribution in [-0.4, -0.2) is 26.9 Å². The van der Waals surface area contributed by atoms with Gasteiger partial charge in [0.1, 0.15) is 0 Å². The third-order valence-electron chi connectivity index (χ3n) is 7.86. The van der Waals surface area contributed by atoms with E-state index in [1.165, 1.54) is 21.9 Å². The van der Waals surface area contributed by atoms with Crippen molar-refractivity contribution in [2.45, 2.75) is 31.2 Å². The standard InChI is InChI=1S/C26H28N2Si.C13H11B/c1-21(2)18-22-10-9-15-25(19-22)29-26(28-17-16-27-20-28,23-11-5-3-6-12-23)24-13-7-4-8-14-24;14-13(11-7-3-1-4-8-11)12-9-5-2-6-10-12/h3-17,19-21H,18,29H2,1-2H3;1-10,13H. The molecule has 212 valence electrons. The van der Waals surface area contributed by atoms with Gasteiger partial charge in [0.05, 0.1) is 28.9 Å². The van der Waals surface area contributed by atoms with Crippen LogP contribution < -0.4 is 5.19 Å². The molecule has 0 fully saturated rings. The molecule has 0 aliphatic carbocycles. The van der Waals surface area contributed by atoms with E-state index in [1.807, 2.05) is 48.9 Å². The normalized spacial score (nSPS) is 11.5. The van der Waals surface area contributed by atoms with Crippen molar-refractivity contribution in [1.29, 1.82) is 0 Å². The SMILES string of the molecule is CC(C)Cc1cccc([SiH2]C(c2ccccc2)(c2ccccc2)n2ccnc2)c1.[B]C(c1ccccc1)c1ccccc1. The number of aromatic nitrogens is 2. The summed E-state index contributed by atoms with van der Waals surface area (Å²) < 4.78 is 2.32. The Balaban J connectivity index is 0.000000220. The van der Waals surface area contributed by atoms with Gasteiger partial charge >= 0.3 is 0 Å². The van der Waals surface area contributed by atoms with Gasteiger partial charge in [-0.2, -0.15) is 0 Å². The summed E-state index contributed by atoms with van der Waals surface area (Å²) in [5, 5.41) is 1.26. The lowest BCUT2D eigenvalue weighted by Gasteiger charge is -2.37. The van der Waals surface area contributed by atoms with Gasteiger partial charge < -0.3 is 4.57 Å². The summed E-state index contributed by atoms with van der Waals surface area (Å²) in [6.07, 6.45) is 7.11. The Hall–Kier alpha value is -4.41. The Kier molecular flexibility index (Phi) is 10.3. The summed E-state index contributed by atoms with van der Waals surface area (Å²) >= 11 is 0. The fourth-order valence-corrected chi connectivity index (χ4v) is 8.28. The predicted octanol–water partition coefficient (Wildman–Crippen LogP) is 7.27. The second-order valence-corrected chi connectivity index (χ2v) is 13.6. The van der Waals surface area contributed by atoms with Gasteiger partial charge in [0.15, 0.2) is 0 Å². The number of benzene rings is 5. The van der Waals surface area contributed by atoms with E-state index in [-0.39, 0.29) is 11.0 Å². The predicted molar refractivity (Wildman–Crippen MR) is 185 cm³/mol. The van der Waals surface area contributed by atoms with Crippen LogP contribution in [0.3, 0.4) is 0 Å². The van der Waals surface area contributed by atoms with E-state index in [0.717, 1.165) is 17.5 Å². The monoisotopic (exact) mass is 574 g/mol. The lowest BCUT2D eigenvalue weighted by molar-refractivity contribution is 0.596. The Morgan fingerprint density at radius 1 is 0.674 bits per heavy atom. The molecule has 0 amide bonds. The molecule has 0 N–H and O–H groups in total. The maximum absolute atomic E-state index is 6.12. The summed E-state index contributed by atoms with van der Waals surface area (Å²) in [6.45, 7) is 4.57. The summed E-state index contributed by atoms with van der Waals surface area (Å²) in [5.41, 5.74) is 6.39. The molecule has 0 atom stereocenters. The van der Waals surface area contributed by atoms with Crippen LogP contribution in [0.25, 0.3) is 0 Å². The Bertz CT molecular complexity index is 1560. The molecule has 0 aliphatic heterocycles. The minimum Gasteiger partial charge on any atom is -0.326 e. The average molecular weight is 575 g/mol. The van der Waals surface area contributed by atoms with Crippen molar-refractivity contribution < 1.29 is 0 Å². The van der Waals surface area contributed by atoms with E-state index < -0.39 is 9.52 Å². The summed E-state index contributed by atoms with van der Waals surface area (Å²) in [7, 11) is 5.31. The number of hydrogen-bond donors (Lipinski definition) is 0. The molecule has 6 rings (SSSR count). The van der Waals surface area contributed by atoms with Crippen LogP contribution >= 0.6 is 0 Å². The number of rotatable bonds is 9. The quantitative estimate of drug-likeness (QED) is 0.166. The van der Waals surface area contributed by atoms with Gasteiger partial charge in [0.2, 0.25) is 0 Å². The third-order valence-corrected chi connectivity index (χ3v) is 10.4. The highest BCUT2D eigenvalue weighted by Crippen LogP contribution is 2.33. The smallest absolute Gasteiger partial charge is 0.0965 e. The first-order chi connectivity index (χ1) is 21.1. The van der Waals surface area contributed by atoms with Crippen molar-refractivity contribution >= 4 is 22.6 Å². The highest BCUT2D eigenvalue weighted by molar-refractivity contribution is 6.57. The number of nitrogens with zero attached hydrogens (tertiary/aromatic N) is 2. The van der Waals surface area contributed by atoms with Crippen molar-refractivity contribution in [3.63, 3.8) is 0 Å². The first-order valence-electron chi connectivity index (χ1n) is 15.1. The van der Waals surface area contributed by atoms with E-state index in [9.17, 15) is 0 Å². The van der Waals surface area contributed by atoms with Gasteiger partial charge in [-0.3, -0.25) is 0 Å². The van der Waals surface area contributed by atoms with Gasteiger partial charge in [0.25, 0.3) is 0 Å². The second kappa shape index (κ2) is 14.7. The van der Waals surface area contributed by atoms with Gasteiger partial charge in [0, 0.05) is 12.4 Å². The summed E-state index contributed by atoms with van der Waals surface area (Å²) in [4.78, 5) is 4.42. The topological polar surface area (TPSA) is 17.8 Å². The number of hydrogen-bond acceptors (Lipinski definition) is 1. The molecule has 0 saturated carbocycles. The first kappa shape index (κ1) is 30.1. The van der Waals surface area contributed by atoms with Crippen molar-refractivity contribution in [3.8, 4) is 0 Å². The average Bonchev–Trinajstić information content (AvgIpc) is 3.61. The third kappa shape index (κ3) is 7.52. The molecule has 0 saturated heterocycles. The first-order valence-corrected chi connectivity index (χ1v) is 16.5. The van der Waals surface area contributed by atoms with Crippen LogP contribution in [0.4, 0.5) is 0 Å². The minimum atomic E-state index is -0.802. The van der Waals surface area contributed by atoms with Crippen molar-refractivity contribution in [2.75, 3.05) is 0 Å². The maximum Gasteiger partial charge on any atom is 0.0965 e. The molecule has 0 aliphatic rings. The highest BCUT2D eigenvalue weighted by Gasteiger charge is 2.36. The zero-order valence-corrected chi connectivity index (χ0v) is 26.5. The zero-order chi connectivity index (χ0) is 29.9. The molecule has 0 bridgehead atoms. The molecule has 1 aromatic heterocycles. The van der Waals surface area contributed by atoms with E-state index in [1.54, 1.807) is 0 Å². The van der Waals surface area contributed by atoms with Crippen LogP contribution in [0.2, 0.25) is 0 Å². The summed E-state index contributed by atoms with van der Waals surface area (Å²) in [6, 6.07) is 51.3. The molecule has 5 aromatic carbocycles. The summed E-state index contributed by atoms with van der Waals surface area (Å²) in [5.74, 6) is 0.644. The van der Waals surface area contributed by atoms with Crippen LogP contribution in [0.1, 0.15) is 47.5 Å². The highest BCUT2D eigenvalue weighted by atomic mass is 28.2. The number of imidazole rings is 1. The van der Waals surface area contributed by atoms with Crippen molar-refractivity contribution in [3.05, 3.63) is 192 Å². The maximum atomic E-state index is 6.12. The Morgan fingerprint density at radius 2 is 1.19 bits per heavy atom. The lowest BCUT2D eigenvalue weighted by atomic mass is 9.76. The van der Waals surface area contributed by atoms with Crippen molar-refractivity contribution in [1.82, 2.24) is 9.55 Å². The van der Waals surface area contributed by atoms with E-state index >= 15 is 0 Å². The van der Waals surface area contributed by atoms with Crippen LogP contribution in [0.15, 0.2) is 164 Å². The largest absolute Gasteiger partial charge is 0.326 e.